The van der Waals surface area contributed by atoms with E-state index in [4.69, 9.17) is 9.17 Å². The summed E-state index contributed by atoms with van der Waals surface area (Å²) in [6, 6.07) is 11.6. The number of benzene rings is 1. The zero-order valence-corrected chi connectivity index (χ0v) is 23.4. The summed E-state index contributed by atoms with van der Waals surface area (Å²) in [5, 5.41) is 20.6. The molecule has 0 atom stereocenters. The van der Waals surface area contributed by atoms with Crippen LogP contribution >= 0.6 is 0 Å². The largest absolute Gasteiger partial charge is 0.321 e. The lowest BCUT2D eigenvalue weighted by Gasteiger charge is -2.46. The van der Waals surface area contributed by atoms with Crippen LogP contribution in [0, 0.1) is 17.2 Å². The standard InChI is InChI=1S/C28H32N6O4S/c1-27(2)10-8-22-19(16-38-39(4,36)37)12-23(32-24(22)27)25(35)31-21-7-5-6-20(13-21)28(14-18(15-28)9-11-29)26-33-30-17-34(26)3/h5-7,12-13,17-18H,8-10,14-16H2,1-4H3,(H,31,35). The van der Waals surface area contributed by atoms with E-state index in [9.17, 15) is 18.5 Å². The highest BCUT2D eigenvalue weighted by atomic mass is 32.2. The van der Waals surface area contributed by atoms with Gasteiger partial charge in [0.1, 0.15) is 17.8 Å². The number of amides is 1. The molecule has 2 aliphatic rings. The van der Waals surface area contributed by atoms with Crippen LogP contribution in [0.15, 0.2) is 36.7 Å². The van der Waals surface area contributed by atoms with E-state index < -0.39 is 10.1 Å². The van der Waals surface area contributed by atoms with Crippen LogP contribution in [0.1, 0.15) is 78.2 Å². The van der Waals surface area contributed by atoms with Crippen molar-refractivity contribution in [3.63, 3.8) is 0 Å². The van der Waals surface area contributed by atoms with Gasteiger partial charge in [0.05, 0.1) is 30.0 Å². The van der Waals surface area contributed by atoms with Crippen molar-refractivity contribution < 1.29 is 17.4 Å². The lowest BCUT2D eigenvalue weighted by molar-refractivity contribution is 0.102. The fraction of sp³-hybridized carbons (Fsp3) is 0.464. The molecule has 0 saturated heterocycles. The molecule has 1 fully saturated rings. The number of carbonyl (C=O) groups is 1. The average Bonchev–Trinajstić information content (AvgIpc) is 3.41. The summed E-state index contributed by atoms with van der Waals surface area (Å²) in [6.07, 6.45) is 6.32. The Hall–Kier alpha value is -3.62. The third-order valence-corrected chi connectivity index (χ3v) is 8.53. The maximum absolute atomic E-state index is 13.4. The molecule has 2 aliphatic carbocycles. The minimum absolute atomic E-state index is 0.139. The van der Waals surface area contributed by atoms with E-state index in [1.54, 1.807) is 12.4 Å². The number of rotatable bonds is 8. The van der Waals surface area contributed by atoms with Crippen molar-refractivity contribution in [1.29, 1.82) is 5.26 Å². The van der Waals surface area contributed by atoms with Crippen LogP contribution in [0.5, 0.6) is 0 Å². The topological polar surface area (TPSA) is 140 Å². The zero-order valence-electron chi connectivity index (χ0n) is 22.6. The maximum Gasteiger partial charge on any atom is 0.274 e. The fourth-order valence-corrected chi connectivity index (χ4v) is 6.33. The van der Waals surface area contributed by atoms with Crippen molar-refractivity contribution in [2.24, 2.45) is 13.0 Å². The first-order valence-corrected chi connectivity index (χ1v) is 14.7. The summed E-state index contributed by atoms with van der Waals surface area (Å²) < 4.78 is 30.3. The minimum Gasteiger partial charge on any atom is -0.321 e. The van der Waals surface area contributed by atoms with Gasteiger partial charge in [-0.25, -0.2) is 4.98 Å². The van der Waals surface area contributed by atoms with Crippen molar-refractivity contribution in [1.82, 2.24) is 19.7 Å². The number of pyridine rings is 1. The second-order valence-corrected chi connectivity index (χ2v) is 13.0. The van der Waals surface area contributed by atoms with Crippen molar-refractivity contribution in [2.45, 2.75) is 63.4 Å². The van der Waals surface area contributed by atoms with E-state index in [-0.39, 0.29) is 35.0 Å². The Bertz CT molecular complexity index is 1580. The number of nitriles is 1. The number of anilines is 1. The van der Waals surface area contributed by atoms with Crippen LogP contribution in [-0.2, 0) is 45.2 Å². The van der Waals surface area contributed by atoms with E-state index in [1.807, 2.05) is 35.9 Å². The summed E-state index contributed by atoms with van der Waals surface area (Å²) in [6.45, 7) is 4.00. The van der Waals surface area contributed by atoms with E-state index in [2.05, 4.69) is 35.4 Å². The lowest BCUT2D eigenvalue weighted by Crippen LogP contribution is -2.44. The van der Waals surface area contributed by atoms with Crippen LogP contribution in [-0.4, -0.2) is 40.3 Å². The van der Waals surface area contributed by atoms with Crippen LogP contribution in [0.3, 0.4) is 0 Å². The number of aryl methyl sites for hydroxylation is 1. The normalized spacial score (nSPS) is 21.6. The summed E-state index contributed by atoms with van der Waals surface area (Å²) >= 11 is 0. The molecule has 0 bridgehead atoms. The molecular formula is C28H32N6O4S. The maximum atomic E-state index is 13.4. The van der Waals surface area contributed by atoms with Crippen molar-refractivity contribution >= 4 is 21.7 Å². The predicted molar refractivity (Wildman–Crippen MR) is 144 cm³/mol. The molecule has 1 aromatic carbocycles. The molecule has 0 unspecified atom stereocenters. The lowest BCUT2D eigenvalue weighted by atomic mass is 9.57. The van der Waals surface area contributed by atoms with E-state index >= 15 is 0 Å². The quantitative estimate of drug-likeness (QED) is 0.420. The molecule has 3 aromatic rings. The molecule has 0 radical (unpaired) electrons. The van der Waals surface area contributed by atoms with Gasteiger partial charge in [0.15, 0.2) is 0 Å². The number of carbonyl (C=O) groups excluding carboxylic acids is 1. The molecule has 204 valence electrons. The molecule has 2 aromatic heterocycles. The zero-order chi connectivity index (χ0) is 28.0. The van der Waals surface area contributed by atoms with Crippen molar-refractivity contribution in [3.05, 3.63) is 70.6 Å². The molecule has 1 saturated carbocycles. The Labute approximate surface area is 228 Å². The molecule has 1 N–H and O–H groups in total. The SMILES string of the molecule is Cn1cnnc1C1(c2cccc(NC(=O)c3cc(COS(C)(=O)=O)c4c(n3)C(C)(C)CC4)c2)CC(CC#N)C1. The monoisotopic (exact) mass is 548 g/mol. The summed E-state index contributed by atoms with van der Waals surface area (Å²) in [5.41, 5.74) is 3.60. The molecule has 0 spiro atoms. The predicted octanol–water partition coefficient (Wildman–Crippen LogP) is 3.77. The number of aromatic nitrogens is 4. The Morgan fingerprint density at radius 3 is 2.72 bits per heavy atom. The molecule has 11 heteroatoms. The molecule has 0 aliphatic heterocycles. The minimum atomic E-state index is -3.65. The third-order valence-electron chi connectivity index (χ3n) is 7.99. The highest BCUT2D eigenvalue weighted by molar-refractivity contribution is 7.85. The first-order chi connectivity index (χ1) is 18.4. The van der Waals surface area contributed by atoms with E-state index in [1.165, 1.54) is 0 Å². The first-order valence-electron chi connectivity index (χ1n) is 12.9. The Morgan fingerprint density at radius 1 is 1.28 bits per heavy atom. The van der Waals surface area contributed by atoms with Gasteiger partial charge in [-0.3, -0.25) is 8.98 Å². The second kappa shape index (κ2) is 9.84. The van der Waals surface area contributed by atoms with Crippen molar-refractivity contribution in [3.8, 4) is 6.07 Å². The third kappa shape index (κ3) is 5.18. The number of nitrogens with one attached hydrogen (secondary N) is 1. The van der Waals surface area contributed by atoms with Gasteiger partial charge in [0.2, 0.25) is 0 Å². The number of fused-ring (bicyclic) bond motifs is 1. The van der Waals surface area contributed by atoms with E-state index in [0.717, 1.165) is 54.6 Å². The van der Waals surface area contributed by atoms with E-state index in [0.29, 0.717) is 17.7 Å². The van der Waals surface area contributed by atoms with Crippen LogP contribution in [0.2, 0.25) is 0 Å². The molecular weight excluding hydrogens is 516 g/mol. The number of nitrogens with zero attached hydrogens (tertiary/aromatic N) is 5. The highest BCUT2D eigenvalue weighted by Crippen LogP contribution is 2.53. The van der Waals surface area contributed by atoms with Crippen LogP contribution in [0.25, 0.3) is 0 Å². The van der Waals surface area contributed by atoms with Gasteiger partial charge in [0.25, 0.3) is 16.0 Å². The van der Waals surface area contributed by atoms with Gasteiger partial charge >= 0.3 is 0 Å². The number of hydrogen-bond acceptors (Lipinski definition) is 8. The molecule has 5 rings (SSSR count). The van der Waals surface area contributed by atoms with Gasteiger partial charge in [-0.05, 0) is 66.5 Å². The summed E-state index contributed by atoms with van der Waals surface area (Å²) in [7, 11) is -1.74. The molecule has 39 heavy (non-hydrogen) atoms. The summed E-state index contributed by atoms with van der Waals surface area (Å²) in [4.78, 5) is 18.2. The Morgan fingerprint density at radius 2 is 2.05 bits per heavy atom. The summed E-state index contributed by atoms with van der Waals surface area (Å²) in [5.74, 6) is 0.719. The fourth-order valence-electron chi connectivity index (χ4n) is 5.99. The van der Waals surface area contributed by atoms with Gasteiger partial charge in [0, 0.05) is 24.6 Å². The average molecular weight is 549 g/mol. The second-order valence-electron chi connectivity index (χ2n) is 11.4. The number of hydrogen-bond donors (Lipinski definition) is 1. The van der Waals surface area contributed by atoms with Gasteiger partial charge in [-0.15, -0.1) is 10.2 Å². The van der Waals surface area contributed by atoms with Crippen LogP contribution in [0.4, 0.5) is 5.69 Å². The molecule has 10 nitrogen and oxygen atoms in total. The highest BCUT2D eigenvalue weighted by Gasteiger charge is 2.49. The molecule has 1 amide bonds. The van der Waals surface area contributed by atoms with Gasteiger partial charge in [-0.2, -0.15) is 13.7 Å². The Kier molecular flexibility index (Phi) is 6.81. The van der Waals surface area contributed by atoms with Gasteiger partial charge in [-0.1, -0.05) is 26.0 Å². The Balaban J connectivity index is 1.45. The van der Waals surface area contributed by atoms with Crippen LogP contribution < -0.4 is 5.32 Å². The van der Waals surface area contributed by atoms with Crippen molar-refractivity contribution in [2.75, 3.05) is 11.6 Å². The van der Waals surface area contributed by atoms with Gasteiger partial charge < -0.3 is 9.88 Å². The molecule has 2 heterocycles. The smallest absolute Gasteiger partial charge is 0.274 e. The first kappa shape index (κ1) is 27.0.